The first-order valence-corrected chi connectivity index (χ1v) is 7.55. The van der Waals surface area contributed by atoms with Crippen LogP contribution in [-0.4, -0.2) is 36.6 Å². The van der Waals surface area contributed by atoms with Gasteiger partial charge in [-0.1, -0.05) is 15.9 Å². The van der Waals surface area contributed by atoms with Gasteiger partial charge in [0.25, 0.3) is 0 Å². The van der Waals surface area contributed by atoms with Crippen LogP contribution in [0, 0.1) is 11.3 Å². The molecule has 1 aliphatic heterocycles. The lowest BCUT2D eigenvalue weighted by molar-refractivity contribution is -0.132. The summed E-state index contributed by atoms with van der Waals surface area (Å²) in [7, 11) is 1.58. The molecule has 6 heteroatoms. The maximum Gasteiger partial charge on any atom is 0.240 e. The molecule has 1 unspecified atom stereocenters. The molecule has 1 atom stereocenters. The van der Waals surface area contributed by atoms with Gasteiger partial charge in [0, 0.05) is 18.1 Å². The van der Waals surface area contributed by atoms with E-state index in [2.05, 4.69) is 26.9 Å². The number of nitrogens with two attached hydrogens (primary N) is 1. The van der Waals surface area contributed by atoms with Crippen molar-refractivity contribution in [2.75, 3.05) is 20.3 Å². The highest BCUT2D eigenvalue weighted by atomic mass is 79.9. The number of nitrogens with zero attached hydrogens (tertiary/aromatic N) is 2. The summed E-state index contributed by atoms with van der Waals surface area (Å²) < 4.78 is 6.15. The molecule has 0 bridgehead atoms. The Kier molecular flexibility index (Phi) is 4.99. The molecule has 0 spiro atoms. The number of methoxy groups -OCH3 is 1. The molecule has 1 saturated heterocycles. The molecule has 1 heterocycles. The molecule has 0 aliphatic carbocycles. The Morgan fingerprint density at radius 3 is 3.00 bits per heavy atom. The summed E-state index contributed by atoms with van der Waals surface area (Å²) in [6, 6.07) is 7.58. The Morgan fingerprint density at radius 2 is 2.38 bits per heavy atom. The minimum atomic E-state index is -0.753. The first kappa shape index (κ1) is 16.0. The first-order valence-electron chi connectivity index (χ1n) is 6.76. The smallest absolute Gasteiger partial charge is 0.240 e. The van der Waals surface area contributed by atoms with E-state index in [0.29, 0.717) is 18.5 Å². The van der Waals surface area contributed by atoms with Gasteiger partial charge in [0.05, 0.1) is 18.2 Å². The lowest BCUT2D eigenvalue weighted by Gasteiger charge is -2.35. The predicted octanol–water partition coefficient (Wildman–Crippen LogP) is 1.79. The minimum absolute atomic E-state index is 0.290. The van der Waals surface area contributed by atoms with E-state index in [1.54, 1.807) is 13.2 Å². The van der Waals surface area contributed by atoms with Gasteiger partial charge < -0.3 is 10.5 Å². The quantitative estimate of drug-likeness (QED) is 0.876. The van der Waals surface area contributed by atoms with E-state index in [4.69, 9.17) is 15.7 Å². The maximum absolute atomic E-state index is 12.0. The standard InChI is InChI=1S/C15H18BrN3O2/c1-21-10-15(14(18)20)5-2-6-19(15)9-12-7-11(8-17)3-4-13(12)16/h3-4,7H,2,5-6,9-10H2,1H3,(H2,18,20). The van der Waals surface area contributed by atoms with Gasteiger partial charge in [-0.15, -0.1) is 0 Å². The van der Waals surface area contributed by atoms with Crippen molar-refractivity contribution in [1.82, 2.24) is 4.90 Å². The summed E-state index contributed by atoms with van der Waals surface area (Å²) in [6.07, 6.45) is 1.60. The molecule has 0 aromatic heterocycles. The molecule has 0 saturated carbocycles. The van der Waals surface area contributed by atoms with Crippen molar-refractivity contribution >= 4 is 21.8 Å². The van der Waals surface area contributed by atoms with Gasteiger partial charge in [0.1, 0.15) is 5.54 Å². The van der Waals surface area contributed by atoms with Crippen molar-refractivity contribution < 1.29 is 9.53 Å². The number of primary amides is 1. The van der Waals surface area contributed by atoms with E-state index in [-0.39, 0.29) is 12.5 Å². The van der Waals surface area contributed by atoms with Gasteiger partial charge in [-0.2, -0.15) is 5.26 Å². The molecule has 5 nitrogen and oxygen atoms in total. The molecule has 1 fully saturated rings. The molecule has 1 aromatic carbocycles. The Bertz CT molecular complexity index is 585. The number of hydrogen-bond donors (Lipinski definition) is 1. The van der Waals surface area contributed by atoms with Crippen LogP contribution in [0.1, 0.15) is 24.0 Å². The van der Waals surface area contributed by atoms with Crippen LogP contribution in [0.25, 0.3) is 0 Å². The summed E-state index contributed by atoms with van der Waals surface area (Å²) in [5, 5.41) is 9.02. The average Bonchev–Trinajstić information content (AvgIpc) is 2.86. The summed E-state index contributed by atoms with van der Waals surface area (Å²) in [5.41, 5.74) is 6.45. The number of amides is 1. The van der Waals surface area contributed by atoms with E-state index < -0.39 is 5.54 Å². The normalized spacial score (nSPS) is 22.1. The van der Waals surface area contributed by atoms with Crippen LogP contribution in [0.4, 0.5) is 0 Å². The average molecular weight is 352 g/mol. The SMILES string of the molecule is COCC1(C(N)=O)CCCN1Cc1cc(C#N)ccc1Br. The third kappa shape index (κ3) is 3.10. The van der Waals surface area contributed by atoms with Gasteiger partial charge in [-0.25, -0.2) is 0 Å². The van der Waals surface area contributed by atoms with Crippen LogP contribution in [-0.2, 0) is 16.1 Å². The van der Waals surface area contributed by atoms with Gasteiger partial charge in [0.15, 0.2) is 0 Å². The lowest BCUT2D eigenvalue weighted by Crippen LogP contribution is -2.56. The molecule has 1 amide bonds. The van der Waals surface area contributed by atoms with Crippen LogP contribution in [0.2, 0.25) is 0 Å². The van der Waals surface area contributed by atoms with Crippen LogP contribution >= 0.6 is 15.9 Å². The number of halogens is 1. The van der Waals surface area contributed by atoms with Crippen LogP contribution < -0.4 is 5.73 Å². The third-order valence-electron chi connectivity index (χ3n) is 4.00. The highest BCUT2D eigenvalue weighted by molar-refractivity contribution is 9.10. The molecule has 112 valence electrons. The van der Waals surface area contributed by atoms with Crippen molar-refractivity contribution in [3.8, 4) is 6.07 Å². The number of nitriles is 1. The summed E-state index contributed by atoms with van der Waals surface area (Å²) in [4.78, 5) is 14.0. The minimum Gasteiger partial charge on any atom is -0.382 e. The molecular formula is C15H18BrN3O2. The van der Waals surface area contributed by atoms with Crippen LogP contribution in [0.3, 0.4) is 0 Å². The Labute approximate surface area is 132 Å². The first-order chi connectivity index (χ1) is 10.0. The second-order valence-electron chi connectivity index (χ2n) is 5.27. The van der Waals surface area contributed by atoms with Crippen molar-refractivity contribution in [3.63, 3.8) is 0 Å². The van der Waals surface area contributed by atoms with E-state index in [1.807, 2.05) is 12.1 Å². The number of carbonyl (C=O) groups is 1. The Morgan fingerprint density at radius 1 is 1.62 bits per heavy atom. The third-order valence-corrected chi connectivity index (χ3v) is 4.78. The van der Waals surface area contributed by atoms with Gasteiger partial charge in [-0.05, 0) is 43.1 Å². The topological polar surface area (TPSA) is 79.3 Å². The van der Waals surface area contributed by atoms with Gasteiger partial charge in [0.2, 0.25) is 5.91 Å². The lowest BCUT2D eigenvalue weighted by atomic mass is 9.95. The second-order valence-corrected chi connectivity index (χ2v) is 6.13. The van der Waals surface area contributed by atoms with Gasteiger partial charge in [-0.3, -0.25) is 9.69 Å². The highest BCUT2D eigenvalue weighted by Crippen LogP contribution is 2.32. The highest BCUT2D eigenvalue weighted by Gasteiger charge is 2.46. The molecule has 2 rings (SSSR count). The number of ether oxygens (including phenoxy) is 1. The van der Waals surface area contributed by atoms with Crippen LogP contribution in [0.5, 0.6) is 0 Å². The zero-order chi connectivity index (χ0) is 15.5. The molecule has 1 aliphatic rings. The van der Waals surface area contributed by atoms with Crippen molar-refractivity contribution in [2.45, 2.75) is 24.9 Å². The van der Waals surface area contributed by atoms with Crippen LogP contribution in [0.15, 0.2) is 22.7 Å². The molecule has 21 heavy (non-hydrogen) atoms. The number of likely N-dealkylation sites (tertiary alicyclic amines) is 1. The number of rotatable bonds is 5. The number of carbonyl (C=O) groups excluding carboxylic acids is 1. The summed E-state index contributed by atoms with van der Waals surface area (Å²) >= 11 is 3.50. The largest absolute Gasteiger partial charge is 0.382 e. The van der Waals surface area contributed by atoms with E-state index in [0.717, 1.165) is 23.0 Å². The van der Waals surface area contributed by atoms with Crippen molar-refractivity contribution in [3.05, 3.63) is 33.8 Å². The molecule has 1 aromatic rings. The predicted molar refractivity (Wildman–Crippen MR) is 82.3 cm³/mol. The Balaban J connectivity index is 2.29. The second kappa shape index (κ2) is 6.56. The van der Waals surface area contributed by atoms with E-state index >= 15 is 0 Å². The summed E-state index contributed by atoms with van der Waals surface area (Å²) in [6.45, 7) is 1.63. The summed E-state index contributed by atoms with van der Waals surface area (Å²) in [5.74, 6) is -0.352. The molecule has 0 radical (unpaired) electrons. The van der Waals surface area contributed by atoms with Crippen molar-refractivity contribution in [2.24, 2.45) is 5.73 Å². The fraction of sp³-hybridized carbons (Fsp3) is 0.467. The Hall–Kier alpha value is -1.42. The maximum atomic E-state index is 12.0. The van der Waals surface area contributed by atoms with E-state index in [1.165, 1.54) is 0 Å². The molecule has 2 N–H and O–H groups in total. The van der Waals surface area contributed by atoms with Crippen molar-refractivity contribution in [1.29, 1.82) is 5.26 Å². The number of benzene rings is 1. The number of hydrogen-bond acceptors (Lipinski definition) is 4. The fourth-order valence-corrected chi connectivity index (χ4v) is 3.26. The zero-order valence-corrected chi connectivity index (χ0v) is 13.5. The van der Waals surface area contributed by atoms with E-state index in [9.17, 15) is 4.79 Å². The zero-order valence-electron chi connectivity index (χ0n) is 11.9. The fourth-order valence-electron chi connectivity index (χ4n) is 2.89. The molecular weight excluding hydrogens is 334 g/mol. The van der Waals surface area contributed by atoms with Gasteiger partial charge >= 0.3 is 0 Å². The monoisotopic (exact) mass is 351 g/mol.